The highest BCUT2D eigenvalue weighted by Gasteiger charge is 2.22. The molecule has 0 aliphatic carbocycles. The summed E-state index contributed by atoms with van der Waals surface area (Å²) in [6.07, 6.45) is 45.8. The molecule has 0 saturated heterocycles. The molecule has 10 heteroatoms. The monoisotopic (exact) mass is 797 g/mol. The zero-order chi connectivity index (χ0) is 40.5. The summed E-state index contributed by atoms with van der Waals surface area (Å²) in [4.78, 5) is 42.9. The lowest BCUT2D eigenvalue weighted by Crippen LogP contribution is -2.29. The molecule has 0 unspecified atom stereocenters. The third-order valence-corrected chi connectivity index (χ3v) is 9.92. The Balaban J connectivity index is 4.01. The summed E-state index contributed by atoms with van der Waals surface area (Å²) < 4.78 is 26.3. The number of hydrogen-bond acceptors (Lipinski definition) is 7. The van der Waals surface area contributed by atoms with Crippen molar-refractivity contribution in [2.24, 2.45) is 0 Å². The minimum absolute atomic E-state index is 0.103. The maximum atomic E-state index is 12.4. The Morgan fingerprint density at radius 2 is 1.05 bits per heavy atom. The molecule has 0 aliphatic rings. The van der Waals surface area contributed by atoms with Crippen LogP contribution in [0.1, 0.15) is 200 Å². The van der Waals surface area contributed by atoms with Crippen LogP contribution in [-0.4, -0.2) is 52.3 Å². The lowest BCUT2D eigenvalue weighted by atomic mass is 10.0. The van der Waals surface area contributed by atoms with Gasteiger partial charge in [0.2, 0.25) is 0 Å². The van der Waals surface area contributed by atoms with E-state index >= 15 is 0 Å². The number of ether oxygens (including phenoxy) is 2. The molecule has 0 rings (SSSR count). The first kappa shape index (κ1) is 53.0. The van der Waals surface area contributed by atoms with Crippen molar-refractivity contribution >= 4 is 19.8 Å². The van der Waals surface area contributed by atoms with Crippen molar-refractivity contribution < 1.29 is 43.0 Å². The fourth-order valence-electron chi connectivity index (χ4n) is 6.09. The van der Waals surface area contributed by atoms with Crippen LogP contribution in [0, 0.1) is 0 Å². The van der Waals surface area contributed by atoms with Crippen LogP contribution in [-0.2, 0) is 28.2 Å². The van der Waals surface area contributed by atoms with Gasteiger partial charge in [0, 0.05) is 12.8 Å². The summed E-state index contributed by atoms with van der Waals surface area (Å²) in [5.41, 5.74) is 0. The van der Waals surface area contributed by atoms with Crippen LogP contribution in [0.25, 0.3) is 0 Å². The number of hydrogen-bond donors (Lipinski definition) is 3. The predicted molar refractivity (Wildman–Crippen MR) is 227 cm³/mol. The third-order valence-electron chi connectivity index (χ3n) is 9.43. The molecule has 0 aromatic heterocycles. The van der Waals surface area contributed by atoms with E-state index in [-0.39, 0.29) is 19.4 Å². The second-order valence-corrected chi connectivity index (χ2v) is 16.1. The summed E-state index contributed by atoms with van der Waals surface area (Å²) in [7, 11) is -4.79. The van der Waals surface area contributed by atoms with Crippen molar-refractivity contribution in [3.05, 3.63) is 48.6 Å². The van der Waals surface area contributed by atoms with Crippen molar-refractivity contribution in [3.8, 4) is 0 Å². The molecule has 0 aromatic rings. The van der Waals surface area contributed by atoms with Gasteiger partial charge in [0.25, 0.3) is 0 Å². The topological polar surface area (TPSA) is 140 Å². The molecule has 2 atom stereocenters. The highest BCUT2D eigenvalue weighted by molar-refractivity contribution is 7.46. The van der Waals surface area contributed by atoms with E-state index in [1.165, 1.54) is 122 Å². The van der Waals surface area contributed by atoms with Crippen LogP contribution in [0.3, 0.4) is 0 Å². The molecule has 0 radical (unpaired) electrons. The quantitative estimate of drug-likeness (QED) is 0.0182. The van der Waals surface area contributed by atoms with Crippen molar-refractivity contribution in [3.63, 3.8) is 0 Å². The van der Waals surface area contributed by atoms with E-state index in [0.717, 1.165) is 19.3 Å². The number of unbranched alkanes of at least 4 members (excludes halogenated alkanes) is 22. The lowest BCUT2D eigenvalue weighted by Gasteiger charge is -2.18. The van der Waals surface area contributed by atoms with Gasteiger partial charge in [0.15, 0.2) is 6.10 Å². The van der Waals surface area contributed by atoms with Gasteiger partial charge >= 0.3 is 19.8 Å². The number of carbonyl (C=O) groups excluding carboxylic acids is 2. The highest BCUT2D eigenvalue weighted by Crippen LogP contribution is 2.36. The summed E-state index contributed by atoms with van der Waals surface area (Å²) in [5.74, 6) is -0.986. The Morgan fingerprint density at radius 3 is 1.62 bits per heavy atom. The number of carbonyl (C=O) groups is 2. The molecule has 0 heterocycles. The molecule has 320 valence electrons. The van der Waals surface area contributed by atoms with Crippen LogP contribution in [0.2, 0.25) is 0 Å². The van der Waals surface area contributed by atoms with Crippen LogP contribution < -0.4 is 0 Å². The SMILES string of the molecule is CCCCC/C=C\C=C/[C@H](O)C/C=C\C/C=C/CCCC(=O)O[C@H](COC(=O)CCCCCCCCCCCCCCCCCCCCC)COP(=O)(O)O. The second-order valence-electron chi connectivity index (χ2n) is 14.9. The number of phosphoric acid groups is 1. The largest absolute Gasteiger partial charge is 0.469 e. The predicted octanol–water partition coefficient (Wildman–Crippen LogP) is 12.5. The standard InChI is InChI=1S/C45H81O9P/c1-3-5-7-9-11-12-13-14-15-16-17-18-19-20-21-22-26-30-34-38-44(47)52-40-43(41-53-55(49,50)51)54-45(48)39-35-31-27-23-25-29-33-37-42(46)36-32-28-24-10-8-6-4-2/h23-24,27-29,32-33,36,42-43,46H,3-22,25-26,30-31,34-35,37-41H2,1-2H3,(H2,49,50,51)/b27-23+,28-24-,33-29-,36-32-/t42-,43+/m0/s1. The molecule has 0 saturated carbocycles. The van der Waals surface area contributed by atoms with Gasteiger partial charge in [-0.05, 0) is 44.9 Å². The Labute approximate surface area is 336 Å². The normalized spacial score (nSPS) is 13.5. The Morgan fingerprint density at radius 1 is 0.564 bits per heavy atom. The molecule has 0 spiro atoms. The summed E-state index contributed by atoms with van der Waals surface area (Å²) >= 11 is 0. The lowest BCUT2D eigenvalue weighted by molar-refractivity contribution is -0.161. The van der Waals surface area contributed by atoms with Crippen molar-refractivity contribution in [2.45, 2.75) is 212 Å². The van der Waals surface area contributed by atoms with Crippen molar-refractivity contribution in [2.75, 3.05) is 13.2 Å². The van der Waals surface area contributed by atoms with Crippen LogP contribution >= 0.6 is 7.82 Å². The van der Waals surface area contributed by atoms with Crippen molar-refractivity contribution in [1.82, 2.24) is 0 Å². The van der Waals surface area contributed by atoms with E-state index in [1.807, 2.05) is 36.5 Å². The molecule has 0 bridgehead atoms. The Kier molecular flexibility index (Phi) is 38.7. The maximum absolute atomic E-state index is 12.4. The minimum atomic E-state index is -4.79. The fraction of sp³-hybridized carbons (Fsp3) is 0.778. The number of rotatable bonds is 40. The first-order valence-corrected chi connectivity index (χ1v) is 23.6. The van der Waals surface area contributed by atoms with E-state index in [0.29, 0.717) is 32.1 Å². The van der Waals surface area contributed by atoms with Gasteiger partial charge < -0.3 is 24.4 Å². The van der Waals surface area contributed by atoms with Gasteiger partial charge in [-0.3, -0.25) is 14.1 Å². The molecule has 0 fully saturated rings. The molecular weight excluding hydrogens is 715 g/mol. The van der Waals surface area contributed by atoms with Gasteiger partial charge in [-0.15, -0.1) is 0 Å². The smallest absolute Gasteiger partial charge is 0.462 e. The van der Waals surface area contributed by atoms with Crippen LogP contribution in [0.5, 0.6) is 0 Å². The average Bonchev–Trinajstić information content (AvgIpc) is 3.15. The molecule has 3 N–H and O–H groups in total. The molecular formula is C45H81O9P. The van der Waals surface area contributed by atoms with E-state index in [4.69, 9.17) is 19.3 Å². The molecule has 9 nitrogen and oxygen atoms in total. The highest BCUT2D eigenvalue weighted by atomic mass is 31.2. The first-order valence-electron chi connectivity index (χ1n) is 22.0. The van der Waals surface area contributed by atoms with Gasteiger partial charge in [-0.2, -0.15) is 0 Å². The molecule has 55 heavy (non-hydrogen) atoms. The first-order chi connectivity index (χ1) is 26.7. The fourth-order valence-corrected chi connectivity index (χ4v) is 6.45. The van der Waals surface area contributed by atoms with Crippen molar-refractivity contribution in [1.29, 1.82) is 0 Å². The van der Waals surface area contributed by atoms with E-state index in [9.17, 15) is 19.3 Å². The third kappa shape index (κ3) is 42.9. The number of phosphoric ester groups is 1. The minimum Gasteiger partial charge on any atom is -0.462 e. The van der Waals surface area contributed by atoms with Gasteiger partial charge in [0.1, 0.15) is 6.61 Å². The zero-order valence-corrected chi connectivity index (χ0v) is 35.8. The summed E-state index contributed by atoms with van der Waals surface area (Å²) in [6.45, 7) is 3.56. The zero-order valence-electron chi connectivity index (χ0n) is 34.9. The van der Waals surface area contributed by atoms with E-state index in [1.54, 1.807) is 6.08 Å². The maximum Gasteiger partial charge on any atom is 0.469 e. The average molecular weight is 797 g/mol. The number of esters is 2. The van der Waals surface area contributed by atoms with Gasteiger partial charge in [-0.25, -0.2) is 4.57 Å². The van der Waals surface area contributed by atoms with Crippen LogP contribution in [0.15, 0.2) is 48.6 Å². The van der Waals surface area contributed by atoms with Gasteiger partial charge in [0.05, 0.1) is 12.7 Å². The van der Waals surface area contributed by atoms with Gasteiger partial charge in [-0.1, -0.05) is 191 Å². The Bertz CT molecular complexity index is 1050. The molecule has 0 aliphatic heterocycles. The van der Waals surface area contributed by atoms with E-state index in [2.05, 4.69) is 24.4 Å². The van der Waals surface area contributed by atoms with E-state index < -0.39 is 38.6 Å². The Hall–Kier alpha value is -2.03. The number of aliphatic hydroxyl groups excluding tert-OH is 1. The summed E-state index contributed by atoms with van der Waals surface area (Å²) in [6, 6.07) is 0. The van der Waals surface area contributed by atoms with Crippen LogP contribution in [0.4, 0.5) is 0 Å². The number of allylic oxidation sites excluding steroid dienone is 6. The number of aliphatic hydroxyl groups is 1. The molecule has 0 amide bonds. The summed E-state index contributed by atoms with van der Waals surface area (Å²) in [5, 5.41) is 10.0. The molecule has 0 aromatic carbocycles. The second kappa shape index (κ2) is 40.2.